The van der Waals surface area contributed by atoms with Crippen LogP contribution in [0.3, 0.4) is 0 Å². The highest BCUT2D eigenvalue weighted by molar-refractivity contribution is 5.94. The van der Waals surface area contributed by atoms with Crippen LogP contribution in [0.4, 0.5) is 0 Å². The van der Waals surface area contributed by atoms with Gasteiger partial charge in [0.25, 0.3) is 0 Å². The van der Waals surface area contributed by atoms with E-state index >= 15 is 0 Å². The van der Waals surface area contributed by atoms with E-state index in [1.54, 1.807) is 0 Å². The number of nitrogens with zero attached hydrogens (tertiary/aromatic N) is 3. The molecule has 1 aromatic carbocycles. The largest absolute Gasteiger partial charge is 0.493 e. The molecule has 41 heavy (non-hydrogen) atoms. The van der Waals surface area contributed by atoms with Gasteiger partial charge in [0, 0.05) is 43.6 Å². The lowest BCUT2D eigenvalue weighted by atomic mass is 9.95. The molecule has 0 aromatic heterocycles. The number of hydrogen-bond acceptors (Lipinski definition) is 3. The van der Waals surface area contributed by atoms with Crippen LogP contribution in [0.2, 0.25) is 0 Å². The number of allylic oxidation sites excluding steroid dienone is 5. The molecule has 2 rings (SSSR count). The summed E-state index contributed by atoms with van der Waals surface area (Å²) in [6, 6.07) is 6.47. The fourth-order valence-electron chi connectivity index (χ4n) is 5.11. The zero-order valence-electron chi connectivity index (χ0n) is 27.5. The fourth-order valence-corrected chi connectivity index (χ4v) is 5.11. The first kappa shape index (κ1) is 34.5. The lowest BCUT2D eigenvalue weighted by molar-refractivity contribution is 0.293. The third-order valence-corrected chi connectivity index (χ3v) is 8.27. The molecule has 1 aromatic rings. The molecule has 0 amide bonds. The molecule has 228 valence electrons. The number of hydrogen-bond donors (Lipinski definition) is 0. The van der Waals surface area contributed by atoms with E-state index in [-0.39, 0.29) is 0 Å². The van der Waals surface area contributed by atoms with Crippen molar-refractivity contribution in [3.05, 3.63) is 71.6 Å². The van der Waals surface area contributed by atoms with Crippen LogP contribution in [0.5, 0.6) is 5.75 Å². The number of unbranched alkanes of at least 4 members (excludes halogenated alkanes) is 3. The molecule has 4 nitrogen and oxygen atoms in total. The summed E-state index contributed by atoms with van der Waals surface area (Å²) in [6.45, 7) is 25.6. The molecule has 1 aliphatic heterocycles. The van der Waals surface area contributed by atoms with Gasteiger partial charge in [-0.3, -0.25) is 0 Å². The summed E-state index contributed by atoms with van der Waals surface area (Å²) in [7, 11) is 2.19. The molecule has 0 bridgehead atoms. The monoisotopic (exact) mass is 561 g/mol. The van der Waals surface area contributed by atoms with Crippen molar-refractivity contribution in [1.82, 2.24) is 9.80 Å². The van der Waals surface area contributed by atoms with Crippen molar-refractivity contribution in [3.8, 4) is 5.75 Å². The summed E-state index contributed by atoms with van der Waals surface area (Å²) < 4.78 is 6.17. The molecule has 0 aliphatic carbocycles. The van der Waals surface area contributed by atoms with E-state index in [2.05, 4.69) is 102 Å². The van der Waals surface area contributed by atoms with Gasteiger partial charge in [-0.15, -0.1) is 0 Å². The zero-order chi connectivity index (χ0) is 30.2. The molecule has 1 saturated heterocycles. The van der Waals surface area contributed by atoms with Gasteiger partial charge in [0.2, 0.25) is 0 Å². The van der Waals surface area contributed by atoms with Crippen molar-refractivity contribution >= 4 is 11.4 Å². The normalized spacial score (nSPS) is 15.3. The molecule has 0 saturated carbocycles. The molecule has 1 fully saturated rings. The van der Waals surface area contributed by atoms with Gasteiger partial charge in [0.05, 0.1) is 6.61 Å². The predicted molar refractivity (Wildman–Crippen MR) is 181 cm³/mol. The Hall–Kier alpha value is -2.75. The highest BCUT2D eigenvalue weighted by atomic mass is 16.5. The Morgan fingerprint density at radius 1 is 1.05 bits per heavy atom. The average Bonchev–Trinajstić information content (AvgIpc) is 3.51. The van der Waals surface area contributed by atoms with Crippen LogP contribution in [0, 0.1) is 5.92 Å². The third-order valence-electron chi connectivity index (χ3n) is 8.27. The topological polar surface area (TPSA) is 28.1 Å². The fraction of sp³-hybridized carbons (Fsp3) is 0.595. The van der Waals surface area contributed by atoms with Gasteiger partial charge in [0.15, 0.2) is 0 Å². The quantitative estimate of drug-likeness (QED) is 0.0772. The maximum Gasteiger partial charge on any atom is 0.130 e. The minimum absolute atomic E-state index is 0.504. The molecule has 0 N–H and O–H groups in total. The number of aliphatic imine (C=N–C) groups is 1. The molecule has 1 aliphatic rings. The Morgan fingerprint density at radius 3 is 2.41 bits per heavy atom. The van der Waals surface area contributed by atoms with Crippen molar-refractivity contribution < 1.29 is 4.74 Å². The number of aryl methyl sites for hydroxylation is 1. The van der Waals surface area contributed by atoms with Crippen LogP contribution < -0.4 is 4.74 Å². The number of likely N-dealkylation sites (tertiary alicyclic amines) is 1. The van der Waals surface area contributed by atoms with E-state index in [9.17, 15) is 0 Å². The van der Waals surface area contributed by atoms with Gasteiger partial charge in [0.1, 0.15) is 11.6 Å². The summed E-state index contributed by atoms with van der Waals surface area (Å²) in [6.07, 6.45) is 16.1. The standard InChI is InChI=1S/C37H59N3O/c1-10-13-14-19-30(6)31(7)26-34(12-3)38-37(40-23-15-16-24-40)27-32(8)39(9)22-17-18-25-41-36-21-20-33(11-2)28-35(36)29(4)5/h20-21,26-28,30H,4,7,10-19,22-25H2,1-3,5-6,8-9H3/b32-27+,34-26+,38-37+. The second-order valence-electron chi connectivity index (χ2n) is 11.9. The van der Waals surface area contributed by atoms with Crippen LogP contribution in [0.25, 0.3) is 5.57 Å². The number of ether oxygens (including phenoxy) is 1. The first-order chi connectivity index (χ1) is 19.7. The number of amidine groups is 1. The van der Waals surface area contributed by atoms with Crippen molar-refractivity contribution in [2.24, 2.45) is 10.9 Å². The Kier molecular flexibility index (Phi) is 15.7. The Labute approximate surface area is 253 Å². The van der Waals surface area contributed by atoms with Gasteiger partial charge in [-0.2, -0.15) is 0 Å². The molecule has 0 radical (unpaired) electrons. The number of rotatable bonds is 18. The summed E-state index contributed by atoms with van der Waals surface area (Å²) in [5.74, 6) is 2.55. The van der Waals surface area contributed by atoms with Crippen molar-refractivity contribution in [2.45, 2.75) is 106 Å². The summed E-state index contributed by atoms with van der Waals surface area (Å²) in [5.41, 5.74) is 7.09. The Bertz CT molecular complexity index is 1060. The van der Waals surface area contributed by atoms with Crippen molar-refractivity contribution in [1.29, 1.82) is 0 Å². The lowest BCUT2D eigenvalue weighted by Gasteiger charge is -2.23. The van der Waals surface area contributed by atoms with Gasteiger partial charge in [-0.1, -0.05) is 71.8 Å². The van der Waals surface area contributed by atoms with Gasteiger partial charge in [-0.25, -0.2) is 4.99 Å². The van der Waals surface area contributed by atoms with Crippen molar-refractivity contribution in [2.75, 3.05) is 33.3 Å². The highest BCUT2D eigenvalue weighted by Gasteiger charge is 2.16. The molecule has 4 heteroatoms. The van der Waals surface area contributed by atoms with Crippen LogP contribution in [-0.4, -0.2) is 48.9 Å². The Balaban J connectivity index is 2.00. The SMILES string of the molecule is C=C(C)c1cc(CC)ccc1OCCCCN(C)/C(C)=C/C(=N\C(=C\C(=C)C(C)CCCCC)CC)N1CCCC1. The average molecular weight is 562 g/mol. The van der Waals surface area contributed by atoms with E-state index in [1.165, 1.54) is 55.4 Å². The highest BCUT2D eigenvalue weighted by Crippen LogP contribution is 2.27. The first-order valence-electron chi connectivity index (χ1n) is 16.2. The van der Waals surface area contributed by atoms with E-state index in [0.29, 0.717) is 12.5 Å². The van der Waals surface area contributed by atoms with Crippen LogP contribution >= 0.6 is 0 Å². The second kappa shape index (κ2) is 18.6. The molecule has 1 atom stereocenters. The summed E-state index contributed by atoms with van der Waals surface area (Å²) >= 11 is 0. The smallest absolute Gasteiger partial charge is 0.130 e. The minimum atomic E-state index is 0.504. The Morgan fingerprint density at radius 2 is 1.78 bits per heavy atom. The molecule has 1 unspecified atom stereocenters. The van der Waals surface area contributed by atoms with Crippen LogP contribution in [0.15, 0.2) is 65.5 Å². The summed E-state index contributed by atoms with van der Waals surface area (Å²) in [5, 5.41) is 0. The first-order valence-corrected chi connectivity index (χ1v) is 16.2. The second-order valence-corrected chi connectivity index (χ2v) is 11.9. The molecule has 0 spiro atoms. The van der Waals surface area contributed by atoms with Gasteiger partial charge in [-0.05, 0) is 100 Å². The zero-order valence-corrected chi connectivity index (χ0v) is 27.5. The third kappa shape index (κ3) is 11.9. The number of benzene rings is 1. The van der Waals surface area contributed by atoms with E-state index in [4.69, 9.17) is 9.73 Å². The van der Waals surface area contributed by atoms with Crippen molar-refractivity contribution in [3.63, 3.8) is 0 Å². The van der Waals surface area contributed by atoms with E-state index in [1.807, 2.05) is 0 Å². The van der Waals surface area contributed by atoms with Crippen LogP contribution in [-0.2, 0) is 6.42 Å². The lowest BCUT2D eigenvalue weighted by Crippen LogP contribution is -2.28. The molecular weight excluding hydrogens is 502 g/mol. The minimum Gasteiger partial charge on any atom is -0.493 e. The maximum atomic E-state index is 6.17. The van der Waals surface area contributed by atoms with Gasteiger partial charge < -0.3 is 14.5 Å². The molecule has 1 heterocycles. The van der Waals surface area contributed by atoms with Crippen LogP contribution in [0.1, 0.15) is 110 Å². The summed E-state index contributed by atoms with van der Waals surface area (Å²) in [4.78, 5) is 10.0. The van der Waals surface area contributed by atoms with E-state index < -0.39 is 0 Å². The maximum absolute atomic E-state index is 6.17. The molecular formula is C37H59N3O. The van der Waals surface area contributed by atoms with Gasteiger partial charge >= 0.3 is 0 Å². The predicted octanol–water partition coefficient (Wildman–Crippen LogP) is 9.84. The van der Waals surface area contributed by atoms with E-state index in [0.717, 1.165) is 73.7 Å².